The highest BCUT2D eigenvalue weighted by molar-refractivity contribution is 7.15. The lowest BCUT2D eigenvalue weighted by Gasteiger charge is -2.11. The van der Waals surface area contributed by atoms with Gasteiger partial charge in [0.05, 0.1) is 0 Å². The smallest absolute Gasteiger partial charge is 0.321 e. The van der Waals surface area contributed by atoms with Crippen molar-refractivity contribution < 1.29 is 4.79 Å². The van der Waals surface area contributed by atoms with E-state index in [0.29, 0.717) is 5.13 Å². The third-order valence-electron chi connectivity index (χ3n) is 3.13. The third kappa shape index (κ3) is 2.73. The van der Waals surface area contributed by atoms with Crippen LogP contribution in [-0.2, 0) is 12.8 Å². The van der Waals surface area contributed by atoms with Crippen LogP contribution in [0.1, 0.15) is 16.1 Å². The molecule has 0 saturated carbocycles. The molecule has 2 amide bonds. The van der Waals surface area contributed by atoms with Gasteiger partial charge in [0, 0.05) is 6.04 Å². The summed E-state index contributed by atoms with van der Waals surface area (Å²) in [5.74, 6) is 0. The van der Waals surface area contributed by atoms with E-state index in [1.54, 1.807) is 0 Å². The molecule has 6 heteroatoms. The maximum atomic E-state index is 11.8. The number of carbonyl (C=O) groups is 1. The molecular weight excluding hydrogens is 260 g/mol. The minimum Gasteiger partial charge on any atom is -0.334 e. The largest absolute Gasteiger partial charge is 0.334 e. The minimum atomic E-state index is -0.214. The van der Waals surface area contributed by atoms with Crippen LogP contribution in [0, 0.1) is 6.92 Å². The summed E-state index contributed by atoms with van der Waals surface area (Å²) in [6.45, 7) is 1.86. The number of fused-ring (bicyclic) bond motifs is 1. The van der Waals surface area contributed by atoms with E-state index < -0.39 is 0 Å². The fourth-order valence-corrected chi connectivity index (χ4v) is 2.91. The Morgan fingerprint density at radius 1 is 1.26 bits per heavy atom. The SMILES string of the molecule is Cc1nnc(NC(=O)NC2Cc3ccccc3C2)s1. The summed E-state index contributed by atoms with van der Waals surface area (Å²) in [5.41, 5.74) is 2.64. The van der Waals surface area contributed by atoms with Gasteiger partial charge in [0.15, 0.2) is 0 Å². The Balaban J connectivity index is 1.57. The van der Waals surface area contributed by atoms with Crippen molar-refractivity contribution in [2.75, 3.05) is 5.32 Å². The maximum absolute atomic E-state index is 11.8. The van der Waals surface area contributed by atoms with E-state index in [1.165, 1.54) is 22.5 Å². The van der Waals surface area contributed by atoms with Crippen LogP contribution >= 0.6 is 11.3 Å². The maximum Gasteiger partial charge on any atom is 0.321 e. The van der Waals surface area contributed by atoms with Crippen molar-refractivity contribution in [1.29, 1.82) is 0 Å². The molecule has 19 heavy (non-hydrogen) atoms. The molecule has 0 bridgehead atoms. The number of rotatable bonds is 2. The Labute approximate surface area is 115 Å². The molecule has 0 fully saturated rings. The summed E-state index contributed by atoms with van der Waals surface area (Å²) in [6, 6.07) is 8.24. The van der Waals surface area contributed by atoms with Gasteiger partial charge >= 0.3 is 6.03 Å². The highest BCUT2D eigenvalue weighted by Gasteiger charge is 2.22. The van der Waals surface area contributed by atoms with Gasteiger partial charge in [0.2, 0.25) is 5.13 Å². The van der Waals surface area contributed by atoms with Crippen LogP contribution in [0.15, 0.2) is 24.3 Å². The first-order valence-corrected chi connectivity index (χ1v) is 6.97. The number of hydrogen-bond donors (Lipinski definition) is 2. The number of aryl methyl sites for hydroxylation is 1. The average molecular weight is 274 g/mol. The van der Waals surface area contributed by atoms with Crippen molar-refractivity contribution in [3.63, 3.8) is 0 Å². The topological polar surface area (TPSA) is 66.9 Å². The first-order valence-electron chi connectivity index (χ1n) is 6.15. The Kier molecular flexibility index (Phi) is 3.16. The molecule has 0 spiro atoms. The molecule has 0 unspecified atom stereocenters. The second-order valence-corrected chi connectivity index (χ2v) is 5.78. The summed E-state index contributed by atoms with van der Waals surface area (Å²) in [4.78, 5) is 11.8. The quantitative estimate of drug-likeness (QED) is 0.881. The molecule has 2 N–H and O–H groups in total. The van der Waals surface area contributed by atoms with Gasteiger partial charge in [0.1, 0.15) is 5.01 Å². The average Bonchev–Trinajstić information content (AvgIpc) is 2.94. The molecule has 1 aromatic carbocycles. The highest BCUT2D eigenvalue weighted by atomic mass is 32.1. The van der Waals surface area contributed by atoms with Crippen molar-refractivity contribution in [2.45, 2.75) is 25.8 Å². The van der Waals surface area contributed by atoms with E-state index in [-0.39, 0.29) is 12.1 Å². The number of nitrogens with one attached hydrogen (secondary N) is 2. The summed E-state index contributed by atoms with van der Waals surface area (Å²) < 4.78 is 0. The van der Waals surface area contributed by atoms with Gasteiger partial charge in [-0.2, -0.15) is 0 Å². The number of aromatic nitrogens is 2. The number of anilines is 1. The molecule has 5 nitrogen and oxygen atoms in total. The lowest BCUT2D eigenvalue weighted by atomic mass is 10.1. The van der Waals surface area contributed by atoms with Crippen LogP contribution in [0.4, 0.5) is 9.93 Å². The van der Waals surface area contributed by atoms with Crippen molar-refractivity contribution >= 4 is 22.5 Å². The number of benzene rings is 1. The molecule has 1 aliphatic rings. The normalized spacial score (nSPS) is 14.2. The summed E-state index contributed by atoms with van der Waals surface area (Å²) >= 11 is 1.37. The van der Waals surface area contributed by atoms with Crippen LogP contribution in [0.3, 0.4) is 0 Å². The predicted molar refractivity (Wildman–Crippen MR) is 74.4 cm³/mol. The second-order valence-electron chi connectivity index (χ2n) is 4.60. The Hall–Kier alpha value is -1.95. The van der Waals surface area contributed by atoms with Crippen LogP contribution in [0.5, 0.6) is 0 Å². The molecule has 2 aromatic rings. The molecule has 98 valence electrons. The van der Waals surface area contributed by atoms with Gasteiger partial charge in [-0.3, -0.25) is 5.32 Å². The van der Waals surface area contributed by atoms with Crippen molar-refractivity contribution in [2.24, 2.45) is 0 Å². The lowest BCUT2D eigenvalue weighted by molar-refractivity contribution is 0.249. The van der Waals surface area contributed by atoms with Gasteiger partial charge in [-0.05, 0) is 30.9 Å². The zero-order valence-corrected chi connectivity index (χ0v) is 11.3. The molecule has 0 saturated heterocycles. The Bertz CT molecular complexity index is 585. The number of urea groups is 1. The third-order valence-corrected chi connectivity index (χ3v) is 3.89. The number of amides is 2. The van der Waals surface area contributed by atoms with Crippen LogP contribution in [-0.4, -0.2) is 22.3 Å². The van der Waals surface area contributed by atoms with E-state index in [9.17, 15) is 4.79 Å². The van der Waals surface area contributed by atoms with E-state index in [4.69, 9.17) is 0 Å². The number of nitrogens with zero attached hydrogens (tertiary/aromatic N) is 2. The number of carbonyl (C=O) groups excluding carboxylic acids is 1. The standard InChI is InChI=1S/C13H14N4OS/c1-8-16-17-13(19-8)15-12(18)14-11-6-9-4-2-3-5-10(9)7-11/h2-5,11H,6-7H2,1H3,(H2,14,15,17,18). The first kappa shape index (κ1) is 12.1. The zero-order valence-electron chi connectivity index (χ0n) is 10.5. The molecule has 1 heterocycles. The Morgan fingerprint density at radius 2 is 1.95 bits per heavy atom. The molecule has 0 radical (unpaired) electrons. The van der Waals surface area contributed by atoms with Gasteiger partial charge in [0.25, 0.3) is 0 Å². The van der Waals surface area contributed by atoms with Crippen LogP contribution < -0.4 is 10.6 Å². The Morgan fingerprint density at radius 3 is 2.53 bits per heavy atom. The predicted octanol–water partition coefficient (Wildman–Crippen LogP) is 2.14. The molecular formula is C13H14N4OS. The second kappa shape index (κ2) is 4.97. The van der Waals surface area contributed by atoms with E-state index in [1.807, 2.05) is 19.1 Å². The van der Waals surface area contributed by atoms with E-state index >= 15 is 0 Å². The number of hydrogen-bond acceptors (Lipinski definition) is 4. The van der Waals surface area contributed by atoms with Gasteiger partial charge in [-0.25, -0.2) is 4.79 Å². The zero-order chi connectivity index (χ0) is 13.2. The monoisotopic (exact) mass is 274 g/mol. The highest BCUT2D eigenvalue weighted by Crippen LogP contribution is 2.21. The van der Waals surface area contributed by atoms with Gasteiger partial charge < -0.3 is 5.32 Å². The first-order chi connectivity index (χ1) is 9.20. The molecule has 1 aromatic heterocycles. The fraction of sp³-hybridized carbons (Fsp3) is 0.308. The van der Waals surface area contributed by atoms with Crippen molar-refractivity contribution in [3.8, 4) is 0 Å². The summed E-state index contributed by atoms with van der Waals surface area (Å²) in [6.07, 6.45) is 1.78. The van der Waals surface area contributed by atoms with E-state index in [0.717, 1.165) is 17.8 Å². The fourth-order valence-electron chi connectivity index (χ4n) is 2.33. The van der Waals surface area contributed by atoms with Gasteiger partial charge in [-0.15, -0.1) is 10.2 Å². The minimum absolute atomic E-state index is 0.159. The molecule has 1 aliphatic carbocycles. The van der Waals surface area contributed by atoms with Crippen LogP contribution in [0.25, 0.3) is 0 Å². The molecule has 0 aliphatic heterocycles. The lowest BCUT2D eigenvalue weighted by Crippen LogP contribution is -2.38. The summed E-state index contributed by atoms with van der Waals surface area (Å²) in [7, 11) is 0. The molecule has 3 rings (SSSR count). The van der Waals surface area contributed by atoms with Crippen molar-refractivity contribution in [3.05, 3.63) is 40.4 Å². The van der Waals surface area contributed by atoms with Gasteiger partial charge in [-0.1, -0.05) is 35.6 Å². The van der Waals surface area contributed by atoms with Crippen LogP contribution in [0.2, 0.25) is 0 Å². The van der Waals surface area contributed by atoms with E-state index in [2.05, 4.69) is 33.0 Å². The van der Waals surface area contributed by atoms with Crippen molar-refractivity contribution in [1.82, 2.24) is 15.5 Å². The summed E-state index contributed by atoms with van der Waals surface area (Å²) in [5, 5.41) is 14.8. The molecule has 0 atom stereocenters.